The van der Waals surface area contributed by atoms with Gasteiger partial charge in [0.05, 0.1) is 5.92 Å². The topological polar surface area (TPSA) is 49.6 Å². The number of nitrogens with zero attached hydrogens (tertiary/aromatic N) is 2. The van der Waals surface area contributed by atoms with Crippen LogP contribution in [0, 0.1) is 5.92 Å². The summed E-state index contributed by atoms with van der Waals surface area (Å²) in [5.41, 5.74) is 5.22. The molecule has 0 atom stereocenters. The first-order valence-corrected chi connectivity index (χ1v) is 6.00. The standard InChI is InChI=1S/C11H21N3O/c12-11(15)10-8-14(9-10)7-6-13-4-2-1-3-5-13/h10H,1-9H2,(H2,12,15). The van der Waals surface area contributed by atoms with Crippen molar-refractivity contribution in [3.63, 3.8) is 0 Å². The van der Waals surface area contributed by atoms with Crippen molar-refractivity contribution >= 4 is 5.91 Å². The van der Waals surface area contributed by atoms with Gasteiger partial charge < -0.3 is 15.5 Å². The number of carbonyl (C=O) groups is 1. The molecule has 0 aromatic carbocycles. The van der Waals surface area contributed by atoms with Gasteiger partial charge in [0.25, 0.3) is 0 Å². The summed E-state index contributed by atoms with van der Waals surface area (Å²) in [4.78, 5) is 15.7. The van der Waals surface area contributed by atoms with Crippen molar-refractivity contribution in [1.29, 1.82) is 0 Å². The summed E-state index contributed by atoms with van der Waals surface area (Å²) in [6.07, 6.45) is 4.10. The van der Waals surface area contributed by atoms with Crippen LogP contribution in [0.2, 0.25) is 0 Å². The number of rotatable bonds is 4. The number of likely N-dealkylation sites (tertiary alicyclic amines) is 2. The molecule has 2 aliphatic rings. The number of nitrogens with two attached hydrogens (primary N) is 1. The second-order valence-electron chi connectivity index (χ2n) is 4.76. The highest BCUT2D eigenvalue weighted by molar-refractivity contribution is 5.78. The number of hydrogen-bond acceptors (Lipinski definition) is 3. The van der Waals surface area contributed by atoms with Gasteiger partial charge in [0, 0.05) is 26.2 Å². The first-order valence-electron chi connectivity index (χ1n) is 6.00. The van der Waals surface area contributed by atoms with Gasteiger partial charge in [-0.2, -0.15) is 0 Å². The monoisotopic (exact) mass is 211 g/mol. The van der Waals surface area contributed by atoms with Crippen LogP contribution in [0.1, 0.15) is 19.3 Å². The number of carbonyl (C=O) groups excluding carboxylic acids is 1. The Kier molecular flexibility index (Phi) is 3.59. The Labute approximate surface area is 91.4 Å². The zero-order chi connectivity index (χ0) is 10.7. The van der Waals surface area contributed by atoms with Gasteiger partial charge in [-0.25, -0.2) is 0 Å². The molecule has 4 nitrogen and oxygen atoms in total. The van der Waals surface area contributed by atoms with E-state index in [9.17, 15) is 4.79 Å². The number of amides is 1. The second-order valence-corrected chi connectivity index (χ2v) is 4.76. The van der Waals surface area contributed by atoms with E-state index in [1.807, 2.05) is 0 Å². The first kappa shape index (κ1) is 10.9. The van der Waals surface area contributed by atoms with Crippen LogP contribution in [0.25, 0.3) is 0 Å². The van der Waals surface area contributed by atoms with Gasteiger partial charge in [0.1, 0.15) is 0 Å². The molecule has 0 aromatic heterocycles. The quantitative estimate of drug-likeness (QED) is 0.706. The van der Waals surface area contributed by atoms with Crippen LogP contribution in [0.4, 0.5) is 0 Å². The van der Waals surface area contributed by atoms with E-state index < -0.39 is 0 Å². The lowest BCUT2D eigenvalue weighted by Gasteiger charge is -2.39. The molecule has 2 aliphatic heterocycles. The van der Waals surface area contributed by atoms with E-state index in [2.05, 4.69) is 9.80 Å². The Bertz CT molecular complexity index is 220. The lowest BCUT2D eigenvalue weighted by atomic mass is 10.00. The van der Waals surface area contributed by atoms with Crippen LogP contribution in [0.5, 0.6) is 0 Å². The van der Waals surface area contributed by atoms with Gasteiger partial charge in [0.15, 0.2) is 0 Å². The zero-order valence-corrected chi connectivity index (χ0v) is 9.32. The van der Waals surface area contributed by atoms with Crippen molar-refractivity contribution in [2.45, 2.75) is 19.3 Å². The molecule has 0 aromatic rings. The molecule has 86 valence electrons. The van der Waals surface area contributed by atoms with Gasteiger partial charge >= 0.3 is 0 Å². The molecule has 15 heavy (non-hydrogen) atoms. The molecule has 0 saturated carbocycles. The highest BCUT2D eigenvalue weighted by atomic mass is 16.1. The lowest BCUT2D eigenvalue weighted by molar-refractivity contribution is -0.126. The fraction of sp³-hybridized carbons (Fsp3) is 0.909. The number of hydrogen-bond donors (Lipinski definition) is 1. The largest absolute Gasteiger partial charge is 0.369 e. The molecular weight excluding hydrogens is 190 g/mol. The van der Waals surface area contributed by atoms with Crippen LogP contribution in [0.15, 0.2) is 0 Å². The Morgan fingerprint density at radius 2 is 1.67 bits per heavy atom. The maximum Gasteiger partial charge on any atom is 0.223 e. The average molecular weight is 211 g/mol. The summed E-state index contributed by atoms with van der Waals surface area (Å²) < 4.78 is 0. The fourth-order valence-corrected chi connectivity index (χ4v) is 2.40. The second kappa shape index (κ2) is 4.94. The highest BCUT2D eigenvalue weighted by Gasteiger charge is 2.30. The molecule has 0 unspecified atom stereocenters. The minimum Gasteiger partial charge on any atom is -0.369 e. The average Bonchev–Trinajstić information content (AvgIpc) is 2.16. The predicted molar refractivity (Wildman–Crippen MR) is 59.4 cm³/mol. The minimum absolute atomic E-state index is 0.117. The minimum atomic E-state index is -0.135. The van der Waals surface area contributed by atoms with Gasteiger partial charge in [0.2, 0.25) is 5.91 Å². The SMILES string of the molecule is NC(=O)C1CN(CCN2CCCCC2)C1. The van der Waals surface area contributed by atoms with Crippen LogP contribution >= 0.6 is 0 Å². The summed E-state index contributed by atoms with van der Waals surface area (Å²) in [5, 5.41) is 0. The lowest BCUT2D eigenvalue weighted by Crippen LogP contribution is -2.54. The fourth-order valence-electron chi connectivity index (χ4n) is 2.40. The molecule has 0 spiro atoms. The Morgan fingerprint density at radius 3 is 2.27 bits per heavy atom. The van der Waals surface area contributed by atoms with Crippen molar-refractivity contribution in [1.82, 2.24) is 9.80 Å². The molecule has 0 radical (unpaired) electrons. The molecule has 2 rings (SSSR count). The van der Waals surface area contributed by atoms with E-state index in [4.69, 9.17) is 5.73 Å². The van der Waals surface area contributed by atoms with Crippen molar-refractivity contribution in [3.05, 3.63) is 0 Å². The van der Waals surface area contributed by atoms with E-state index in [1.165, 1.54) is 32.4 Å². The van der Waals surface area contributed by atoms with Gasteiger partial charge in [-0.05, 0) is 25.9 Å². The summed E-state index contributed by atoms with van der Waals surface area (Å²) in [6.45, 7) is 6.53. The summed E-state index contributed by atoms with van der Waals surface area (Å²) in [7, 11) is 0. The summed E-state index contributed by atoms with van der Waals surface area (Å²) in [6, 6.07) is 0. The number of primary amides is 1. The van der Waals surface area contributed by atoms with E-state index >= 15 is 0 Å². The zero-order valence-electron chi connectivity index (χ0n) is 9.32. The Balaban J connectivity index is 1.57. The van der Waals surface area contributed by atoms with Gasteiger partial charge in [-0.15, -0.1) is 0 Å². The summed E-state index contributed by atoms with van der Waals surface area (Å²) in [5.74, 6) is -0.0180. The molecule has 4 heteroatoms. The van der Waals surface area contributed by atoms with Crippen molar-refractivity contribution in [2.75, 3.05) is 39.3 Å². The maximum absolute atomic E-state index is 10.8. The van der Waals surface area contributed by atoms with E-state index in [0.717, 1.165) is 26.2 Å². The van der Waals surface area contributed by atoms with Crippen LogP contribution < -0.4 is 5.73 Å². The molecule has 2 saturated heterocycles. The Hall–Kier alpha value is -0.610. The maximum atomic E-state index is 10.8. The molecule has 2 heterocycles. The highest BCUT2D eigenvalue weighted by Crippen LogP contribution is 2.15. The van der Waals surface area contributed by atoms with Gasteiger partial charge in [-0.1, -0.05) is 6.42 Å². The van der Waals surface area contributed by atoms with E-state index in [-0.39, 0.29) is 11.8 Å². The predicted octanol–water partition coefficient (Wildman–Crippen LogP) is -0.111. The summed E-state index contributed by atoms with van der Waals surface area (Å²) >= 11 is 0. The van der Waals surface area contributed by atoms with Crippen molar-refractivity contribution < 1.29 is 4.79 Å². The molecule has 2 fully saturated rings. The smallest absolute Gasteiger partial charge is 0.223 e. The molecule has 0 bridgehead atoms. The van der Waals surface area contributed by atoms with Crippen molar-refractivity contribution in [2.24, 2.45) is 11.7 Å². The van der Waals surface area contributed by atoms with Gasteiger partial charge in [-0.3, -0.25) is 4.79 Å². The molecule has 1 amide bonds. The Morgan fingerprint density at radius 1 is 1.07 bits per heavy atom. The third-order valence-corrected chi connectivity index (χ3v) is 3.54. The van der Waals surface area contributed by atoms with E-state index in [1.54, 1.807) is 0 Å². The molecule has 0 aliphatic carbocycles. The van der Waals surface area contributed by atoms with Crippen LogP contribution in [0.3, 0.4) is 0 Å². The number of piperidine rings is 1. The van der Waals surface area contributed by atoms with Crippen molar-refractivity contribution in [3.8, 4) is 0 Å². The van der Waals surface area contributed by atoms with Crippen LogP contribution in [-0.2, 0) is 4.79 Å². The third kappa shape index (κ3) is 2.92. The molecule has 2 N–H and O–H groups in total. The molecular formula is C11H21N3O. The first-order chi connectivity index (χ1) is 7.25. The third-order valence-electron chi connectivity index (χ3n) is 3.54. The normalized spacial score (nSPS) is 25.1. The van der Waals surface area contributed by atoms with E-state index in [0.29, 0.717) is 0 Å². The van der Waals surface area contributed by atoms with Crippen LogP contribution in [-0.4, -0.2) is 55.0 Å².